The summed E-state index contributed by atoms with van der Waals surface area (Å²) in [5.41, 5.74) is 1.23. The number of anilines is 1. The number of halogens is 2. The van der Waals surface area contributed by atoms with Crippen molar-refractivity contribution in [3.05, 3.63) is 76.5 Å². The van der Waals surface area contributed by atoms with Gasteiger partial charge >= 0.3 is 0 Å². The number of nitrogens with one attached hydrogen (secondary N) is 1. The molecule has 0 aliphatic rings. The molecule has 4 rings (SSSR count). The fourth-order valence-corrected chi connectivity index (χ4v) is 2.97. The summed E-state index contributed by atoms with van der Waals surface area (Å²) in [7, 11) is 0. The third-order valence-electron chi connectivity index (χ3n) is 3.83. The summed E-state index contributed by atoms with van der Waals surface area (Å²) in [6.07, 6.45) is 0. The van der Waals surface area contributed by atoms with E-state index in [4.69, 9.17) is 27.6 Å². The second-order valence-electron chi connectivity index (χ2n) is 5.39. The van der Waals surface area contributed by atoms with Gasteiger partial charge in [0.05, 0.1) is 10.0 Å². The van der Waals surface area contributed by atoms with Crippen molar-refractivity contribution in [1.82, 2.24) is 0 Å². The van der Waals surface area contributed by atoms with E-state index in [1.165, 1.54) is 0 Å². The molecule has 0 aliphatic heterocycles. The Morgan fingerprint density at radius 3 is 2.54 bits per heavy atom. The van der Waals surface area contributed by atoms with Crippen LogP contribution in [0.3, 0.4) is 0 Å². The Bertz CT molecular complexity index is 1090. The molecule has 1 N–H and O–H groups in total. The fraction of sp³-hybridized carbons (Fsp3) is 0. The summed E-state index contributed by atoms with van der Waals surface area (Å²) in [5, 5.41) is 6.63. The Balaban J connectivity index is 1.71. The smallest absolute Gasteiger partial charge is 0.291 e. The molecule has 0 spiro atoms. The Kier molecular flexibility index (Phi) is 3.68. The molecular weight excluding hydrogens is 345 g/mol. The van der Waals surface area contributed by atoms with Crippen LogP contribution in [0.4, 0.5) is 5.69 Å². The minimum Gasteiger partial charge on any atom is -0.451 e. The number of furan rings is 1. The lowest BCUT2D eigenvalue weighted by Gasteiger charge is -2.04. The van der Waals surface area contributed by atoms with Crippen molar-refractivity contribution < 1.29 is 9.21 Å². The second kappa shape index (κ2) is 5.86. The van der Waals surface area contributed by atoms with E-state index < -0.39 is 0 Å². The first-order chi connectivity index (χ1) is 11.6. The minimum absolute atomic E-state index is 0.243. The Labute approximate surface area is 147 Å². The number of hydrogen-bond acceptors (Lipinski definition) is 2. The Morgan fingerprint density at radius 2 is 1.71 bits per heavy atom. The van der Waals surface area contributed by atoms with Crippen molar-refractivity contribution in [3.8, 4) is 0 Å². The van der Waals surface area contributed by atoms with Crippen LogP contribution in [0.5, 0.6) is 0 Å². The van der Waals surface area contributed by atoms with Crippen LogP contribution in [-0.2, 0) is 0 Å². The summed E-state index contributed by atoms with van der Waals surface area (Å²) in [6, 6.07) is 18.5. The van der Waals surface area contributed by atoms with Gasteiger partial charge in [-0.3, -0.25) is 4.79 Å². The van der Waals surface area contributed by atoms with Crippen LogP contribution in [-0.4, -0.2) is 5.91 Å². The molecular formula is C19H11Cl2NO2. The third-order valence-corrected chi connectivity index (χ3v) is 4.57. The van der Waals surface area contributed by atoms with E-state index in [9.17, 15) is 4.79 Å². The molecule has 0 aliphatic carbocycles. The maximum atomic E-state index is 12.4. The average molecular weight is 356 g/mol. The van der Waals surface area contributed by atoms with Gasteiger partial charge < -0.3 is 9.73 Å². The molecule has 5 heteroatoms. The number of fused-ring (bicyclic) bond motifs is 3. The first-order valence-corrected chi connectivity index (χ1v) is 8.05. The van der Waals surface area contributed by atoms with Gasteiger partial charge in [0.2, 0.25) is 0 Å². The minimum atomic E-state index is -0.339. The number of carbonyl (C=O) groups excluding carboxylic acids is 1. The number of amides is 1. The lowest BCUT2D eigenvalue weighted by molar-refractivity contribution is 0.0998. The van der Waals surface area contributed by atoms with Crippen LogP contribution in [0, 0.1) is 0 Å². The van der Waals surface area contributed by atoms with E-state index in [0.717, 1.165) is 16.2 Å². The quantitative estimate of drug-likeness (QED) is 0.468. The molecule has 0 atom stereocenters. The van der Waals surface area contributed by atoms with Crippen LogP contribution in [0.1, 0.15) is 10.6 Å². The second-order valence-corrected chi connectivity index (χ2v) is 6.21. The van der Waals surface area contributed by atoms with Gasteiger partial charge in [-0.05, 0) is 41.1 Å². The highest BCUT2D eigenvalue weighted by Crippen LogP contribution is 2.29. The third kappa shape index (κ3) is 2.62. The van der Waals surface area contributed by atoms with Gasteiger partial charge in [-0.2, -0.15) is 0 Å². The van der Waals surface area contributed by atoms with Crippen molar-refractivity contribution in [2.24, 2.45) is 0 Å². The highest BCUT2D eigenvalue weighted by Gasteiger charge is 2.14. The summed E-state index contributed by atoms with van der Waals surface area (Å²) in [5.74, 6) is -0.0962. The SMILES string of the molecule is O=C(Nc1ccc(Cl)c(Cl)c1)c1cc2c(ccc3ccccc32)o1. The van der Waals surface area contributed by atoms with Crippen LogP contribution in [0.2, 0.25) is 10.0 Å². The standard InChI is InChI=1S/C19H11Cl2NO2/c20-15-7-6-12(9-16(15)21)22-19(23)18-10-14-13-4-2-1-3-11(13)5-8-17(14)24-18/h1-10H,(H,22,23). The number of benzene rings is 3. The monoisotopic (exact) mass is 355 g/mol. The summed E-state index contributed by atoms with van der Waals surface area (Å²) in [6.45, 7) is 0. The number of carbonyl (C=O) groups is 1. The number of hydrogen-bond donors (Lipinski definition) is 1. The highest BCUT2D eigenvalue weighted by atomic mass is 35.5. The van der Waals surface area contributed by atoms with E-state index in [1.54, 1.807) is 24.3 Å². The first kappa shape index (κ1) is 15.1. The molecule has 0 unspecified atom stereocenters. The zero-order valence-corrected chi connectivity index (χ0v) is 13.9. The molecule has 118 valence electrons. The lowest BCUT2D eigenvalue weighted by Crippen LogP contribution is -2.10. The molecule has 0 radical (unpaired) electrons. The van der Waals surface area contributed by atoms with Crippen molar-refractivity contribution in [3.63, 3.8) is 0 Å². The van der Waals surface area contributed by atoms with Gasteiger partial charge in [-0.1, -0.05) is 53.5 Å². The van der Waals surface area contributed by atoms with Gasteiger partial charge in [0, 0.05) is 11.1 Å². The van der Waals surface area contributed by atoms with Crippen molar-refractivity contribution >= 4 is 56.5 Å². The van der Waals surface area contributed by atoms with E-state index in [-0.39, 0.29) is 11.7 Å². The number of rotatable bonds is 2. The van der Waals surface area contributed by atoms with Crippen molar-refractivity contribution in [2.75, 3.05) is 5.32 Å². The van der Waals surface area contributed by atoms with Crippen LogP contribution in [0.25, 0.3) is 21.7 Å². The maximum Gasteiger partial charge on any atom is 0.291 e. The largest absolute Gasteiger partial charge is 0.451 e. The van der Waals surface area contributed by atoms with Gasteiger partial charge in [-0.25, -0.2) is 0 Å². The fourth-order valence-electron chi connectivity index (χ4n) is 2.67. The topological polar surface area (TPSA) is 42.2 Å². The molecule has 3 nitrogen and oxygen atoms in total. The average Bonchev–Trinajstić information content (AvgIpc) is 3.03. The summed E-state index contributed by atoms with van der Waals surface area (Å²) in [4.78, 5) is 12.4. The van der Waals surface area contributed by atoms with E-state index in [2.05, 4.69) is 5.32 Å². The van der Waals surface area contributed by atoms with Crippen molar-refractivity contribution in [2.45, 2.75) is 0 Å². The Morgan fingerprint density at radius 1 is 0.875 bits per heavy atom. The van der Waals surface area contributed by atoms with Crippen LogP contribution < -0.4 is 5.32 Å². The zero-order chi connectivity index (χ0) is 16.7. The zero-order valence-electron chi connectivity index (χ0n) is 12.3. The maximum absolute atomic E-state index is 12.4. The highest BCUT2D eigenvalue weighted by molar-refractivity contribution is 6.42. The Hall–Kier alpha value is -2.49. The normalized spacial score (nSPS) is 11.1. The van der Waals surface area contributed by atoms with E-state index in [1.807, 2.05) is 36.4 Å². The van der Waals surface area contributed by atoms with Crippen LogP contribution in [0.15, 0.2) is 65.1 Å². The summed E-state index contributed by atoms with van der Waals surface area (Å²) < 4.78 is 5.69. The van der Waals surface area contributed by atoms with Gasteiger partial charge in [0.25, 0.3) is 5.91 Å². The molecule has 24 heavy (non-hydrogen) atoms. The summed E-state index contributed by atoms with van der Waals surface area (Å²) >= 11 is 11.8. The van der Waals surface area contributed by atoms with Gasteiger partial charge in [-0.15, -0.1) is 0 Å². The molecule has 3 aromatic carbocycles. The molecule has 0 fully saturated rings. The van der Waals surface area contributed by atoms with Crippen LogP contribution >= 0.6 is 23.2 Å². The predicted molar refractivity (Wildman–Crippen MR) is 98.1 cm³/mol. The first-order valence-electron chi connectivity index (χ1n) is 7.29. The van der Waals surface area contributed by atoms with E-state index in [0.29, 0.717) is 21.3 Å². The molecule has 1 heterocycles. The lowest BCUT2D eigenvalue weighted by atomic mass is 10.1. The molecule has 1 amide bonds. The van der Waals surface area contributed by atoms with Crippen molar-refractivity contribution in [1.29, 1.82) is 0 Å². The van der Waals surface area contributed by atoms with Gasteiger partial charge in [0.15, 0.2) is 5.76 Å². The predicted octanol–water partition coefficient (Wildman–Crippen LogP) is 6.15. The molecule has 0 bridgehead atoms. The molecule has 1 aromatic heterocycles. The molecule has 0 saturated heterocycles. The molecule has 0 saturated carbocycles. The molecule has 4 aromatic rings. The van der Waals surface area contributed by atoms with E-state index >= 15 is 0 Å². The van der Waals surface area contributed by atoms with Gasteiger partial charge in [0.1, 0.15) is 5.58 Å².